The van der Waals surface area contributed by atoms with E-state index >= 15 is 0 Å². The number of carboxylic acids is 1. The Morgan fingerprint density at radius 2 is 2.17 bits per heavy atom. The van der Waals surface area contributed by atoms with Gasteiger partial charge < -0.3 is 10.8 Å². The Morgan fingerprint density at radius 3 is 2.17 bits per heavy atom. The first-order valence-corrected chi connectivity index (χ1v) is 1.70. The zero-order valence-corrected chi connectivity index (χ0v) is 3.64. The van der Waals surface area contributed by atoms with Crippen LogP contribution in [-0.2, 0) is 4.79 Å². The highest BCUT2D eigenvalue weighted by atomic mass is 16.4. The molecule has 0 spiro atoms. The average molecular weight is 90.1 g/mol. The molecule has 0 heterocycles. The van der Waals surface area contributed by atoms with Crippen LogP contribution < -0.4 is 5.73 Å². The van der Waals surface area contributed by atoms with Crippen molar-refractivity contribution in [2.75, 3.05) is 0 Å². The third-order valence-electron chi connectivity index (χ3n) is 0.422. The molecule has 4 N–H and O–H groups in total. The van der Waals surface area contributed by atoms with Crippen LogP contribution in [0.3, 0.4) is 0 Å². The number of hydrogen-bond donors (Lipinski definition) is 2. The van der Waals surface area contributed by atoms with E-state index in [9.17, 15) is 4.79 Å². The first-order valence-electron chi connectivity index (χ1n) is 1.70. The standard InChI is InChI=1S/C3H7NO2/c1-2(4)3(5)6/h2H,4H2,1H3,(H,5,6)/p+1/t2-/m0/s1. The molecule has 6 heavy (non-hydrogen) atoms. The summed E-state index contributed by atoms with van der Waals surface area (Å²) < 4.78 is 0. The van der Waals surface area contributed by atoms with Crippen molar-refractivity contribution in [1.29, 1.82) is 0 Å². The largest absolute Gasteiger partial charge is 0.477 e. The molecule has 0 aromatic carbocycles. The molecule has 0 aliphatic carbocycles. The molecule has 3 nitrogen and oxygen atoms in total. The Morgan fingerprint density at radius 1 is 2.00 bits per heavy atom. The molecule has 0 saturated heterocycles. The molecule has 0 aromatic heterocycles. The van der Waals surface area contributed by atoms with Gasteiger partial charge in [0.1, 0.15) is 0 Å². The Balaban J connectivity index is 3.26. The number of aliphatic carboxylic acids is 1. The molecular formula is C3H8NO2+. The van der Waals surface area contributed by atoms with Crippen molar-refractivity contribution in [2.45, 2.75) is 13.0 Å². The van der Waals surface area contributed by atoms with E-state index in [1.54, 1.807) is 0 Å². The van der Waals surface area contributed by atoms with E-state index in [0.29, 0.717) is 0 Å². The fourth-order valence-electron chi connectivity index (χ4n) is 0. The molecule has 0 bridgehead atoms. The SMILES string of the molecule is C[C@H]([NH3+])C(=O)O. The van der Waals surface area contributed by atoms with Gasteiger partial charge in [0.25, 0.3) is 0 Å². The predicted molar refractivity (Wildman–Crippen MR) is 20.0 cm³/mol. The normalized spacial score (nSPS) is 13.7. The molecule has 0 aliphatic heterocycles. The van der Waals surface area contributed by atoms with E-state index < -0.39 is 12.0 Å². The molecule has 0 aromatic rings. The van der Waals surface area contributed by atoms with Gasteiger partial charge in [0.05, 0.1) is 0 Å². The fraction of sp³-hybridized carbons (Fsp3) is 0.667. The average Bonchev–Trinajstić information content (AvgIpc) is 1.36. The molecule has 0 unspecified atom stereocenters. The first kappa shape index (κ1) is 5.43. The number of carboxylic acid groups (broad SMARTS) is 1. The van der Waals surface area contributed by atoms with E-state index in [1.165, 1.54) is 6.92 Å². The third-order valence-corrected chi connectivity index (χ3v) is 0.422. The van der Waals surface area contributed by atoms with Crippen LogP contribution >= 0.6 is 0 Å². The molecule has 0 amide bonds. The van der Waals surface area contributed by atoms with Gasteiger partial charge in [0.15, 0.2) is 6.04 Å². The highest BCUT2D eigenvalue weighted by Gasteiger charge is 2.04. The lowest BCUT2D eigenvalue weighted by atomic mass is 10.4. The second kappa shape index (κ2) is 1.77. The Hall–Kier alpha value is -0.570. The topological polar surface area (TPSA) is 64.9 Å². The van der Waals surface area contributed by atoms with Crippen LogP contribution in [0, 0.1) is 0 Å². The van der Waals surface area contributed by atoms with Gasteiger partial charge >= 0.3 is 5.97 Å². The zero-order chi connectivity index (χ0) is 5.15. The van der Waals surface area contributed by atoms with Crippen LogP contribution in [0.5, 0.6) is 0 Å². The maximum Gasteiger partial charge on any atom is 0.362 e. The van der Waals surface area contributed by atoms with E-state index in [-0.39, 0.29) is 0 Å². The van der Waals surface area contributed by atoms with E-state index in [2.05, 4.69) is 5.73 Å². The summed E-state index contributed by atoms with van der Waals surface area (Å²) in [6, 6.07) is -0.481. The van der Waals surface area contributed by atoms with Crippen LogP contribution in [0.2, 0.25) is 0 Å². The van der Waals surface area contributed by atoms with Crippen molar-refractivity contribution in [3.05, 3.63) is 0 Å². The van der Waals surface area contributed by atoms with Crippen LogP contribution in [0.25, 0.3) is 0 Å². The summed E-state index contributed by atoms with van der Waals surface area (Å²) in [6.07, 6.45) is 0. The van der Waals surface area contributed by atoms with E-state index in [1.807, 2.05) is 0 Å². The van der Waals surface area contributed by atoms with E-state index in [4.69, 9.17) is 5.11 Å². The zero-order valence-electron chi connectivity index (χ0n) is 3.64. The van der Waals surface area contributed by atoms with Crippen molar-refractivity contribution in [3.63, 3.8) is 0 Å². The second-order valence-corrected chi connectivity index (χ2v) is 1.24. The molecular weight excluding hydrogens is 82.0 g/mol. The van der Waals surface area contributed by atoms with Crippen LogP contribution in [-0.4, -0.2) is 17.1 Å². The smallest absolute Gasteiger partial charge is 0.362 e. The van der Waals surface area contributed by atoms with Crippen molar-refractivity contribution in [3.8, 4) is 0 Å². The van der Waals surface area contributed by atoms with Crippen LogP contribution in [0.4, 0.5) is 0 Å². The third kappa shape index (κ3) is 1.72. The predicted octanol–water partition coefficient (Wildman–Crippen LogP) is -1.30. The summed E-state index contributed by atoms with van der Waals surface area (Å²) in [5, 5.41) is 7.93. The monoisotopic (exact) mass is 90.1 g/mol. The molecule has 36 valence electrons. The fourth-order valence-corrected chi connectivity index (χ4v) is 0. The minimum atomic E-state index is -0.852. The highest BCUT2D eigenvalue weighted by molar-refractivity contribution is 5.70. The molecule has 0 aliphatic rings. The number of hydrogen-bond acceptors (Lipinski definition) is 1. The molecule has 0 fully saturated rings. The Bertz CT molecular complexity index is 59.8. The molecule has 0 rings (SSSR count). The van der Waals surface area contributed by atoms with Crippen molar-refractivity contribution in [2.24, 2.45) is 0 Å². The summed E-state index contributed by atoms with van der Waals surface area (Å²) in [6.45, 7) is 1.53. The van der Waals surface area contributed by atoms with Crippen LogP contribution in [0.15, 0.2) is 0 Å². The minimum absolute atomic E-state index is 0.481. The second-order valence-electron chi connectivity index (χ2n) is 1.24. The number of quaternary nitrogens is 1. The van der Waals surface area contributed by atoms with Crippen molar-refractivity contribution >= 4 is 5.97 Å². The van der Waals surface area contributed by atoms with Gasteiger partial charge in [-0.3, -0.25) is 0 Å². The summed E-state index contributed by atoms with van der Waals surface area (Å²) in [4.78, 5) is 9.64. The maximum absolute atomic E-state index is 9.64. The summed E-state index contributed by atoms with van der Waals surface area (Å²) in [7, 11) is 0. The molecule has 3 heteroatoms. The first-order chi connectivity index (χ1) is 2.64. The quantitative estimate of drug-likeness (QED) is 0.420. The highest BCUT2D eigenvalue weighted by Crippen LogP contribution is 1.64. The molecule has 0 saturated carbocycles. The van der Waals surface area contributed by atoms with Crippen molar-refractivity contribution < 1.29 is 15.6 Å². The lowest BCUT2D eigenvalue weighted by Crippen LogP contribution is -2.63. The van der Waals surface area contributed by atoms with Gasteiger partial charge in [-0.1, -0.05) is 0 Å². The van der Waals surface area contributed by atoms with Crippen molar-refractivity contribution in [1.82, 2.24) is 0 Å². The van der Waals surface area contributed by atoms with Gasteiger partial charge in [-0.05, 0) is 6.92 Å². The summed E-state index contributed by atoms with van der Waals surface area (Å²) in [5.41, 5.74) is 3.24. The minimum Gasteiger partial charge on any atom is -0.477 e. The lowest BCUT2D eigenvalue weighted by Gasteiger charge is -1.86. The summed E-state index contributed by atoms with van der Waals surface area (Å²) >= 11 is 0. The Labute approximate surface area is 35.8 Å². The molecule has 1 atom stereocenters. The van der Waals surface area contributed by atoms with E-state index in [0.717, 1.165) is 0 Å². The van der Waals surface area contributed by atoms with Gasteiger partial charge in [-0.2, -0.15) is 0 Å². The van der Waals surface area contributed by atoms with Crippen LogP contribution in [0.1, 0.15) is 6.92 Å². The summed E-state index contributed by atoms with van der Waals surface area (Å²) in [5.74, 6) is -0.852. The van der Waals surface area contributed by atoms with Gasteiger partial charge in [0.2, 0.25) is 0 Å². The van der Waals surface area contributed by atoms with Gasteiger partial charge in [-0.15, -0.1) is 0 Å². The lowest BCUT2D eigenvalue weighted by molar-refractivity contribution is -0.402. The molecule has 0 radical (unpaired) electrons. The Kier molecular flexibility index (Phi) is 1.60. The maximum atomic E-state index is 9.64. The number of carbonyl (C=O) groups is 1. The van der Waals surface area contributed by atoms with Gasteiger partial charge in [0, 0.05) is 0 Å². The van der Waals surface area contributed by atoms with Gasteiger partial charge in [-0.25, -0.2) is 4.79 Å². The number of rotatable bonds is 1.